The summed E-state index contributed by atoms with van der Waals surface area (Å²) in [4.78, 5) is 0. The molecule has 1 heterocycles. The second-order valence-corrected chi connectivity index (χ2v) is 4.80. The van der Waals surface area contributed by atoms with Gasteiger partial charge in [0, 0.05) is 35.7 Å². The molecule has 0 aliphatic carbocycles. The highest BCUT2D eigenvalue weighted by Crippen LogP contribution is 2.40. The van der Waals surface area contributed by atoms with Crippen molar-refractivity contribution in [3.63, 3.8) is 0 Å². The van der Waals surface area contributed by atoms with Crippen LogP contribution in [0.2, 0.25) is 0 Å². The van der Waals surface area contributed by atoms with Gasteiger partial charge >= 0.3 is 0 Å². The summed E-state index contributed by atoms with van der Waals surface area (Å²) in [6.45, 7) is 0. The second kappa shape index (κ2) is 4.83. The van der Waals surface area contributed by atoms with Crippen LogP contribution in [0.15, 0.2) is 36.4 Å². The Morgan fingerprint density at radius 3 is 2.30 bits per heavy atom. The Morgan fingerprint density at radius 1 is 0.950 bits per heavy atom. The zero-order chi connectivity index (χ0) is 14.3. The Labute approximate surface area is 114 Å². The smallest absolute Gasteiger partial charge is 0.133 e. The third-order valence-corrected chi connectivity index (χ3v) is 3.42. The molecular formula is C15H12F3NO. The van der Waals surface area contributed by atoms with Crippen LogP contribution < -0.4 is 10.5 Å². The molecule has 0 saturated heterocycles. The minimum Gasteiger partial charge on any atom is -0.485 e. The maximum atomic E-state index is 13.8. The molecule has 5 heteroatoms. The molecule has 2 atom stereocenters. The average molecular weight is 279 g/mol. The Kier molecular flexibility index (Phi) is 3.14. The van der Waals surface area contributed by atoms with Crippen molar-refractivity contribution in [1.29, 1.82) is 0 Å². The molecule has 2 aromatic rings. The highest BCUT2D eigenvalue weighted by molar-refractivity contribution is 5.39. The van der Waals surface area contributed by atoms with Crippen LogP contribution in [0.25, 0.3) is 0 Å². The third kappa shape index (κ3) is 2.25. The molecule has 0 spiro atoms. The SMILES string of the molecule is NC1CC(c2ccc(F)cc2F)Oc2cc(F)ccc21. The predicted molar refractivity (Wildman–Crippen MR) is 67.7 cm³/mol. The molecule has 1 aliphatic heterocycles. The fourth-order valence-corrected chi connectivity index (χ4v) is 2.43. The van der Waals surface area contributed by atoms with Crippen LogP contribution in [0.3, 0.4) is 0 Å². The van der Waals surface area contributed by atoms with E-state index in [1.54, 1.807) is 6.07 Å². The van der Waals surface area contributed by atoms with Crippen molar-refractivity contribution in [3.05, 3.63) is 65.0 Å². The van der Waals surface area contributed by atoms with Crippen LogP contribution in [0, 0.1) is 17.5 Å². The van der Waals surface area contributed by atoms with E-state index in [9.17, 15) is 13.2 Å². The lowest BCUT2D eigenvalue weighted by molar-refractivity contribution is 0.156. The van der Waals surface area contributed by atoms with Gasteiger partial charge in [-0.2, -0.15) is 0 Å². The van der Waals surface area contributed by atoms with E-state index >= 15 is 0 Å². The number of nitrogens with two attached hydrogens (primary N) is 1. The summed E-state index contributed by atoms with van der Waals surface area (Å²) >= 11 is 0. The van der Waals surface area contributed by atoms with Gasteiger partial charge in [0.2, 0.25) is 0 Å². The van der Waals surface area contributed by atoms with Gasteiger partial charge in [-0.3, -0.25) is 0 Å². The van der Waals surface area contributed by atoms with Gasteiger partial charge in [0.15, 0.2) is 0 Å². The minimum absolute atomic E-state index is 0.219. The van der Waals surface area contributed by atoms with Gasteiger partial charge in [-0.15, -0.1) is 0 Å². The van der Waals surface area contributed by atoms with Crippen molar-refractivity contribution in [3.8, 4) is 5.75 Å². The van der Waals surface area contributed by atoms with Crippen molar-refractivity contribution in [2.45, 2.75) is 18.6 Å². The second-order valence-electron chi connectivity index (χ2n) is 4.80. The molecule has 0 bridgehead atoms. The van der Waals surface area contributed by atoms with Crippen LogP contribution >= 0.6 is 0 Å². The Bertz CT molecular complexity index is 660. The summed E-state index contributed by atoms with van der Waals surface area (Å²) < 4.78 is 45.6. The lowest BCUT2D eigenvalue weighted by Gasteiger charge is -2.30. The summed E-state index contributed by atoms with van der Waals surface area (Å²) in [5.74, 6) is -1.49. The first-order valence-corrected chi connectivity index (χ1v) is 6.21. The van der Waals surface area contributed by atoms with Crippen molar-refractivity contribution >= 4 is 0 Å². The topological polar surface area (TPSA) is 35.2 Å². The molecule has 20 heavy (non-hydrogen) atoms. The van der Waals surface area contributed by atoms with Gasteiger partial charge in [-0.05, 0) is 18.2 Å². The first-order valence-electron chi connectivity index (χ1n) is 6.21. The summed E-state index contributed by atoms with van der Waals surface area (Å²) in [6, 6.07) is 7.00. The molecule has 3 rings (SSSR count). The van der Waals surface area contributed by atoms with E-state index < -0.39 is 23.6 Å². The summed E-state index contributed by atoms with van der Waals surface area (Å²) in [5, 5.41) is 0. The Hall–Kier alpha value is -2.01. The van der Waals surface area contributed by atoms with Crippen molar-refractivity contribution in [2.75, 3.05) is 0 Å². The standard InChI is InChI=1S/C15H12F3NO/c16-8-1-3-10(12(18)5-8)15-7-13(19)11-4-2-9(17)6-14(11)20-15/h1-6,13,15H,7,19H2. The van der Waals surface area contributed by atoms with Gasteiger partial charge in [-0.25, -0.2) is 13.2 Å². The molecule has 2 nitrogen and oxygen atoms in total. The molecule has 1 aliphatic rings. The summed E-state index contributed by atoms with van der Waals surface area (Å²) in [5.41, 5.74) is 6.91. The Morgan fingerprint density at radius 2 is 1.60 bits per heavy atom. The van der Waals surface area contributed by atoms with Crippen LogP contribution in [-0.4, -0.2) is 0 Å². The van der Waals surface area contributed by atoms with Gasteiger partial charge in [0.25, 0.3) is 0 Å². The molecule has 2 unspecified atom stereocenters. The van der Waals surface area contributed by atoms with Gasteiger partial charge in [0.1, 0.15) is 29.3 Å². The highest BCUT2D eigenvalue weighted by Gasteiger charge is 2.29. The number of ether oxygens (including phenoxy) is 1. The largest absolute Gasteiger partial charge is 0.485 e. The van der Waals surface area contributed by atoms with Crippen LogP contribution in [-0.2, 0) is 0 Å². The van der Waals surface area contributed by atoms with E-state index in [1.807, 2.05) is 0 Å². The van der Waals surface area contributed by atoms with Crippen molar-refractivity contribution in [1.82, 2.24) is 0 Å². The third-order valence-electron chi connectivity index (χ3n) is 3.42. The molecule has 0 saturated carbocycles. The van der Waals surface area contributed by atoms with Gasteiger partial charge < -0.3 is 10.5 Å². The number of hydrogen-bond donors (Lipinski definition) is 1. The van der Waals surface area contributed by atoms with Crippen LogP contribution in [0.5, 0.6) is 5.75 Å². The lowest BCUT2D eigenvalue weighted by atomic mass is 9.93. The average Bonchev–Trinajstić information content (AvgIpc) is 2.37. The van der Waals surface area contributed by atoms with Gasteiger partial charge in [0.05, 0.1) is 0 Å². The first kappa shape index (κ1) is 13.0. The van der Waals surface area contributed by atoms with E-state index in [0.717, 1.165) is 12.1 Å². The minimum atomic E-state index is -0.693. The molecule has 104 valence electrons. The Balaban J connectivity index is 1.98. The molecule has 0 amide bonds. The van der Waals surface area contributed by atoms with E-state index in [1.165, 1.54) is 18.2 Å². The normalized spacial score (nSPS) is 21.2. The fourth-order valence-electron chi connectivity index (χ4n) is 2.43. The van der Waals surface area contributed by atoms with Crippen LogP contribution in [0.1, 0.15) is 29.7 Å². The number of halogens is 3. The van der Waals surface area contributed by atoms with E-state index in [2.05, 4.69) is 0 Å². The number of hydrogen-bond acceptors (Lipinski definition) is 2. The van der Waals surface area contributed by atoms with E-state index in [-0.39, 0.29) is 11.6 Å². The molecule has 2 aromatic carbocycles. The van der Waals surface area contributed by atoms with Gasteiger partial charge in [-0.1, -0.05) is 6.07 Å². The molecule has 0 aromatic heterocycles. The molecule has 0 fully saturated rings. The molecular weight excluding hydrogens is 267 g/mol. The first-order chi connectivity index (χ1) is 9.54. The summed E-state index contributed by atoms with van der Waals surface area (Å²) in [7, 11) is 0. The number of rotatable bonds is 1. The number of fused-ring (bicyclic) bond motifs is 1. The maximum absolute atomic E-state index is 13.8. The van der Waals surface area contributed by atoms with E-state index in [0.29, 0.717) is 17.7 Å². The monoisotopic (exact) mass is 279 g/mol. The zero-order valence-corrected chi connectivity index (χ0v) is 10.4. The van der Waals surface area contributed by atoms with E-state index in [4.69, 9.17) is 10.5 Å². The molecule has 0 radical (unpaired) electrons. The summed E-state index contributed by atoms with van der Waals surface area (Å²) in [6.07, 6.45) is -0.304. The number of benzene rings is 2. The van der Waals surface area contributed by atoms with Crippen molar-refractivity contribution in [2.24, 2.45) is 5.73 Å². The van der Waals surface area contributed by atoms with Crippen LogP contribution in [0.4, 0.5) is 13.2 Å². The predicted octanol–water partition coefficient (Wildman–Crippen LogP) is 3.63. The molecule has 2 N–H and O–H groups in total. The highest BCUT2D eigenvalue weighted by atomic mass is 19.1. The van der Waals surface area contributed by atoms with Crippen molar-refractivity contribution < 1.29 is 17.9 Å². The quantitative estimate of drug-likeness (QED) is 0.865. The lowest BCUT2D eigenvalue weighted by Crippen LogP contribution is -2.24. The fraction of sp³-hybridized carbons (Fsp3) is 0.200. The zero-order valence-electron chi connectivity index (χ0n) is 10.4. The maximum Gasteiger partial charge on any atom is 0.133 e.